The lowest BCUT2D eigenvalue weighted by Gasteiger charge is -2.27. The number of carbonyl (C=O) groups is 1. The van der Waals surface area contributed by atoms with Crippen molar-refractivity contribution in [1.82, 2.24) is 10.6 Å². The van der Waals surface area contributed by atoms with Crippen molar-refractivity contribution in [1.29, 1.82) is 0 Å². The Bertz CT molecular complexity index is 525. The fourth-order valence-corrected chi connectivity index (χ4v) is 2.61. The maximum absolute atomic E-state index is 11.7. The molecule has 0 bridgehead atoms. The number of amides is 1. The average molecular weight is 320 g/mol. The highest BCUT2D eigenvalue weighted by Crippen LogP contribution is 2.24. The molecule has 2 unspecified atom stereocenters. The van der Waals surface area contributed by atoms with Gasteiger partial charge in [-0.2, -0.15) is 0 Å². The van der Waals surface area contributed by atoms with Gasteiger partial charge in [-0.15, -0.1) is 0 Å². The van der Waals surface area contributed by atoms with Gasteiger partial charge in [-0.3, -0.25) is 0 Å². The van der Waals surface area contributed by atoms with Crippen LogP contribution in [0.1, 0.15) is 51.3 Å². The summed E-state index contributed by atoms with van der Waals surface area (Å²) in [6, 6.07) is 8.63. The molecule has 0 radical (unpaired) electrons. The number of alkyl carbamates (subject to hydrolysis) is 1. The number of carbonyl (C=O) groups excluding carboxylic acids is 1. The second kappa shape index (κ2) is 7.79. The van der Waals surface area contributed by atoms with E-state index in [9.17, 15) is 4.79 Å². The molecule has 1 amide bonds. The summed E-state index contributed by atoms with van der Waals surface area (Å²) in [4.78, 5) is 11.7. The van der Waals surface area contributed by atoms with E-state index in [4.69, 9.17) is 9.47 Å². The summed E-state index contributed by atoms with van der Waals surface area (Å²) in [5.74, 6) is 0. The van der Waals surface area contributed by atoms with Gasteiger partial charge in [-0.05, 0) is 51.8 Å². The maximum Gasteiger partial charge on any atom is 0.407 e. The van der Waals surface area contributed by atoms with Gasteiger partial charge in [0.2, 0.25) is 0 Å². The summed E-state index contributed by atoms with van der Waals surface area (Å²) >= 11 is 0. The van der Waals surface area contributed by atoms with Crippen molar-refractivity contribution in [2.24, 2.45) is 0 Å². The molecule has 128 valence electrons. The summed E-state index contributed by atoms with van der Waals surface area (Å²) in [5, 5.41) is 6.37. The summed E-state index contributed by atoms with van der Waals surface area (Å²) in [6.45, 7) is 9.74. The topological polar surface area (TPSA) is 59.6 Å². The van der Waals surface area contributed by atoms with E-state index in [1.807, 2.05) is 33.8 Å². The molecular formula is C18H28N2O3. The first-order valence-electron chi connectivity index (χ1n) is 8.23. The van der Waals surface area contributed by atoms with Crippen LogP contribution in [0, 0.1) is 0 Å². The van der Waals surface area contributed by atoms with Crippen LogP contribution in [0.5, 0.6) is 0 Å². The van der Waals surface area contributed by atoms with Crippen LogP contribution in [0.4, 0.5) is 4.79 Å². The number of benzene rings is 1. The van der Waals surface area contributed by atoms with Crippen molar-refractivity contribution in [3.63, 3.8) is 0 Å². The Morgan fingerprint density at radius 2 is 2.13 bits per heavy atom. The zero-order valence-electron chi connectivity index (χ0n) is 14.5. The molecule has 1 heterocycles. The van der Waals surface area contributed by atoms with Gasteiger partial charge >= 0.3 is 6.09 Å². The van der Waals surface area contributed by atoms with Gasteiger partial charge < -0.3 is 20.1 Å². The van der Waals surface area contributed by atoms with E-state index < -0.39 is 5.60 Å². The third kappa shape index (κ3) is 5.84. The SMILES string of the molecule is CC(CCNC1COCc2ccccc21)NC(=O)OC(C)(C)C. The predicted molar refractivity (Wildman–Crippen MR) is 90.3 cm³/mol. The van der Waals surface area contributed by atoms with Crippen LogP contribution in [0.25, 0.3) is 0 Å². The Hall–Kier alpha value is -1.59. The molecule has 0 fully saturated rings. The Balaban J connectivity index is 1.74. The normalized spacial score (nSPS) is 18.9. The van der Waals surface area contributed by atoms with Crippen LogP contribution in [-0.2, 0) is 16.1 Å². The zero-order valence-corrected chi connectivity index (χ0v) is 14.5. The highest BCUT2D eigenvalue weighted by Gasteiger charge is 2.20. The highest BCUT2D eigenvalue weighted by atomic mass is 16.6. The number of fused-ring (bicyclic) bond motifs is 1. The predicted octanol–water partition coefficient (Wildman–Crippen LogP) is 3.15. The standard InChI is InChI=1S/C18H28N2O3/c1-13(20-17(21)23-18(2,3)4)9-10-19-16-12-22-11-14-7-5-6-8-15(14)16/h5-8,13,16,19H,9-12H2,1-4H3,(H,20,21). The van der Waals surface area contributed by atoms with Gasteiger partial charge in [0, 0.05) is 6.04 Å². The molecule has 1 aromatic rings. The number of nitrogens with one attached hydrogen (secondary N) is 2. The second-order valence-corrected chi connectivity index (χ2v) is 7.06. The monoisotopic (exact) mass is 320 g/mol. The molecule has 23 heavy (non-hydrogen) atoms. The molecule has 5 nitrogen and oxygen atoms in total. The first kappa shape index (κ1) is 17.8. The molecular weight excluding hydrogens is 292 g/mol. The third-order valence-electron chi connectivity index (χ3n) is 3.70. The van der Waals surface area contributed by atoms with Gasteiger partial charge in [0.25, 0.3) is 0 Å². The van der Waals surface area contributed by atoms with Crippen molar-refractivity contribution in [2.75, 3.05) is 13.2 Å². The van der Waals surface area contributed by atoms with E-state index in [2.05, 4.69) is 28.8 Å². The molecule has 1 aliphatic heterocycles. The molecule has 0 aliphatic carbocycles. The molecule has 0 aromatic heterocycles. The lowest BCUT2D eigenvalue weighted by molar-refractivity contribution is 0.0504. The van der Waals surface area contributed by atoms with Gasteiger partial charge in [-0.1, -0.05) is 24.3 Å². The van der Waals surface area contributed by atoms with Crippen LogP contribution in [0.2, 0.25) is 0 Å². The summed E-state index contributed by atoms with van der Waals surface area (Å²) in [7, 11) is 0. The van der Waals surface area contributed by atoms with Crippen molar-refractivity contribution in [3.05, 3.63) is 35.4 Å². The lowest BCUT2D eigenvalue weighted by Crippen LogP contribution is -2.39. The minimum Gasteiger partial charge on any atom is -0.444 e. The molecule has 0 spiro atoms. The van der Waals surface area contributed by atoms with Crippen LogP contribution >= 0.6 is 0 Å². The Kier molecular flexibility index (Phi) is 6.02. The van der Waals surface area contributed by atoms with Crippen molar-refractivity contribution in [2.45, 2.75) is 58.4 Å². The largest absolute Gasteiger partial charge is 0.444 e. The zero-order chi connectivity index (χ0) is 16.9. The Morgan fingerprint density at radius 1 is 1.39 bits per heavy atom. The van der Waals surface area contributed by atoms with Gasteiger partial charge in [0.1, 0.15) is 5.60 Å². The number of rotatable bonds is 5. The molecule has 2 rings (SSSR count). The molecule has 2 N–H and O–H groups in total. The van der Waals surface area contributed by atoms with Gasteiger partial charge in [0.05, 0.1) is 19.3 Å². The Labute approximate surface area is 138 Å². The average Bonchev–Trinajstić information content (AvgIpc) is 2.45. The second-order valence-electron chi connectivity index (χ2n) is 7.06. The van der Waals surface area contributed by atoms with Crippen LogP contribution in [-0.4, -0.2) is 30.9 Å². The lowest BCUT2D eigenvalue weighted by atomic mass is 9.99. The molecule has 1 aromatic carbocycles. The maximum atomic E-state index is 11.7. The van der Waals surface area contributed by atoms with Crippen LogP contribution < -0.4 is 10.6 Å². The number of hydrogen-bond acceptors (Lipinski definition) is 4. The summed E-state index contributed by atoms with van der Waals surface area (Å²) in [6.07, 6.45) is 0.467. The van der Waals surface area contributed by atoms with Crippen molar-refractivity contribution in [3.8, 4) is 0 Å². The minimum absolute atomic E-state index is 0.0529. The van der Waals surface area contributed by atoms with Gasteiger partial charge in [0.15, 0.2) is 0 Å². The fraction of sp³-hybridized carbons (Fsp3) is 0.611. The van der Waals surface area contributed by atoms with E-state index in [0.29, 0.717) is 13.2 Å². The van der Waals surface area contributed by atoms with Crippen molar-refractivity contribution >= 4 is 6.09 Å². The minimum atomic E-state index is -0.467. The summed E-state index contributed by atoms with van der Waals surface area (Å²) < 4.78 is 10.9. The molecule has 0 saturated heterocycles. The van der Waals surface area contributed by atoms with E-state index in [0.717, 1.165) is 13.0 Å². The number of ether oxygens (including phenoxy) is 2. The molecule has 0 saturated carbocycles. The third-order valence-corrected chi connectivity index (χ3v) is 3.70. The fourth-order valence-electron chi connectivity index (χ4n) is 2.61. The summed E-state index contributed by atoms with van der Waals surface area (Å²) in [5.41, 5.74) is 2.09. The molecule has 2 atom stereocenters. The van der Waals surface area contributed by atoms with E-state index >= 15 is 0 Å². The first-order chi connectivity index (χ1) is 10.8. The van der Waals surface area contributed by atoms with E-state index in [1.165, 1.54) is 11.1 Å². The Morgan fingerprint density at radius 3 is 2.87 bits per heavy atom. The quantitative estimate of drug-likeness (QED) is 0.875. The van der Waals surface area contributed by atoms with Gasteiger partial charge in [-0.25, -0.2) is 4.79 Å². The highest BCUT2D eigenvalue weighted by molar-refractivity contribution is 5.68. The number of hydrogen-bond donors (Lipinski definition) is 2. The van der Waals surface area contributed by atoms with Crippen molar-refractivity contribution < 1.29 is 14.3 Å². The van der Waals surface area contributed by atoms with Crippen LogP contribution in [0.15, 0.2) is 24.3 Å². The molecule has 1 aliphatic rings. The van der Waals surface area contributed by atoms with E-state index in [-0.39, 0.29) is 18.2 Å². The first-order valence-corrected chi connectivity index (χ1v) is 8.23. The van der Waals surface area contributed by atoms with Crippen LogP contribution in [0.3, 0.4) is 0 Å². The molecule has 5 heteroatoms. The van der Waals surface area contributed by atoms with E-state index in [1.54, 1.807) is 0 Å². The smallest absolute Gasteiger partial charge is 0.407 e.